The summed E-state index contributed by atoms with van der Waals surface area (Å²) in [6.45, 7) is 3.66. The largest absolute Gasteiger partial charge is 0.494 e. The zero-order chi connectivity index (χ0) is 12.4. The van der Waals surface area contributed by atoms with E-state index in [0.29, 0.717) is 6.61 Å². The highest BCUT2D eigenvalue weighted by atomic mass is 32.1. The Kier molecular flexibility index (Phi) is 3.07. The van der Waals surface area contributed by atoms with E-state index in [-0.39, 0.29) is 0 Å². The molecular formula is C15H15NOS. The molecule has 0 aliphatic heterocycles. The number of benzene rings is 1. The van der Waals surface area contributed by atoms with Crippen molar-refractivity contribution in [3.8, 4) is 5.75 Å². The summed E-state index contributed by atoms with van der Waals surface area (Å²) in [5.41, 5.74) is 1.26. The standard InChI is InChI=1S/C15H15NOS/c1-2-17-13-5-6-15-12(10-13)7-8-16(15)11-14-4-3-9-18-14/h3-10H,2,11H2,1H3. The lowest BCUT2D eigenvalue weighted by Gasteiger charge is -2.05. The highest BCUT2D eigenvalue weighted by Gasteiger charge is 2.03. The minimum absolute atomic E-state index is 0.710. The van der Waals surface area contributed by atoms with Crippen LogP contribution in [0.1, 0.15) is 11.8 Å². The van der Waals surface area contributed by atoms with Gasteiger partial charge in [0.05, 0.1) is 13.2 Å². The first-order chi connectivity index (χ1) is 8.86. The maximum atomic E-state index is 5.52. The number of hydrogen-bond acceptors (Lipinski definition) is 2. The van der Waals surface area contributed by atoms with Crippen LogP contribution in [0.3, 0.4) is 0 Å². The van der Waals surface area contributed by atoms with Gasteiger partial charge in [-0.3, -0.25) is 0 Å². The van der Waals surface area contributed by atoms with Crippen LogP contribution in [0, 0.1) is 0 Å². The van der Waals surface area contributed by atoms with Crippen LogP contribution >= 0.6 is 11.3 Å². The average molecular weight is 257 g/mol. The predicted octanol–water partition coefficient (Wildman–Crippen LogP) is 4.15. The first kappa shape index (κ1) is 11.4. The molecule has 0 fully saturated rings. The van der Waals surface area contributed by atoms with Gasteiger partial charge in [0.25, 0.3) is 0 Å². The van der Waals surface area contributed by atoms with Gasteiger partial charge in [0.1, 0.15) is 5.75 Å². The van der Waals surface area contributed by atoms with E-state index < -0.39 is 0 Å². The molecule has 0 saturated carbocycles. The highest BCUT2D eigenvalue weighted by Crippen LogP contribution is 2.23. The van der Waals surface area contributed by atoms with Crippen molar-refractivity contribution >= 4 is 22.2 Å². The summed E-state index contributed by atoms with van der Waals surface area (Å²) in [4.78, 5) is 1.38. The van der Waals surface area contributed by atoms with Crippen LogP contribution in [-0.2, 0) is 6.54 Å². The zero-order valence-electron chi connectivity index (χ0n) is 10.3. The van der Waals surface area contributed by atoms with Gasteiger partial charge in [-0.2, -0.15) is 0 Å². The Morgan fingerprint density at radius 1 is 1.22 bits per heavy atom. The van der Waals surface area contributed by atoms with E-state index in [1.54, 1.807) is 11.3 Å². The lowest BCUT2D eigenvalue weighted by molar-refractivity contribution is 0.340. The molecule has 0 spiro atoms. The monoisotopic (exact) mass is 257 g/mol. The van der Waals surface area contributed by atoms with Crippen LogP contribution in [0.4, 0.5) is 0 Å². The first-order valence-corrected chi connectivity index (χ1v) is 6.99. The molecule has 2 aromatic heterocycles. The Hall–Kier alpha value is -1.74. The van der Waals surface area contributed by atoms with Crippen LogP contribution in [-0.4, -0.2) is 11.2 Å². The van der Waals surface area contributed by atoms with Crippen molar-refractivity contribution in [2.75, 3.05) is 6.61 Å². The maximum absolute atomic E-state index is 5.52. The lowest BCUT2D eigenvalue weighted by Crippen LogP contribution is -1.95. The Morgan fingerprint density at radius 2 is 2.17 bits per heavy atom. The first-order valence-electron chi connectivity index (χ1n) is 6.11. The van der Waals surface area contributed by atoms with E-state index in [1.807, 2.05) is 13.0 Å². The van der Waals surface area contributed by atoms with Crippen molar-refractivity contribution in [2.24, 2.45) is 0 Å². The molecule has 3 aromatic rings. The summed E-state index contributed by atoms with van der Waals surface area (Å²) in [6.07, 6.45) is 2.14. The van der Waals surface area contributed by atoms with Crippen LogP contribution in [0.5, 0.6) is 5.75 Å². The van der Waals surface area contributed by atoms with Gasteiger partial charge in [0.15, 0.2) is 0 Å². The quantitative estimate of drug-likeness (QED) is 0.685. The van der Waals surface area contributed by atoms with Crippen LogP contribution in [0.25, 0.3) is 10.9 Å². The van der Waals surface area contributed by atoms with E-state index in [1.165, 1.54) is 15.8 Å². The number of fused-ring (bicyclic) bond motifs is 1. The van der Waals surface area contributed by atoms with E-state index in [0.717, 1.165) is 12.3 Å². The van der Waals surface area contributed by atoms with Gasteiger partial charge >= 0.3 is 0 Å². The Balaban J connectivity index is 1.94. The molecule has 0 amide bonds. The van der Waals surface area contributed by atoms with Gasteiger partial charge in [0, 0.05) is 22.0 Å². The van der Waals surface area contributed by atoms with E-state index in [9.17, 15) is 0 Å². The molecule has 2 nitrogen and oxygen atoms in total. The molecule has 0 unspecified atom stereocenters. The smallest absolute Gasteiger partial charge is 0.120 e. The SMILES string of the molecule is CCOc1ccc2c(ccn2Cc2cccs2)c1. The van der Waals surface area contributed by atoms with Gasteiger partial charge in [-0.05, 0) is 42.6 Å². The van der Waals surface area contributed by atoms with Crippen molar-refractivity contribution in [3.63, 3.8) is 0 Å². The summed E-state index contributed by atoms with van der Waals surface area (Å²) in [5, 5.41) is 3.35. The number of aromatic nitrogens is 1. The molecule has 0 N–H and O–H groups in total. The lowest BCUT2D eigenvalue weighted by atomic mass is 10.2. The minimum Gasteiger partial charge on any atom is -0.494 e. The summed E-state index contributed by atoms with van der Waals surface area (Å²) < 4.78 is 7.80. The third-order valence-electron chi connectivity index (χ3n) is 2.96. The molecule has 0 atom stereocenters. The molecular weight excluding hydrogens is 242 g/mol. The van der Waals surface area contributed by atoms with Crippen molar-refractivity contribution in [3.05, 3.63) is 52.9 Å². The minimum atomic E-state index is 0.710. The van der Waals surface area contributed by atoms with E-state index in [2.05, 4.69) is 46.5 Å². The molecule has 18 heavy (non-hydrogen) atoms. The topological polar surface area (TPSA) is 14.2 Å². The van der Waals surface area contributed by atoms with Crippen molar-refractivity contribution in [2.45, 2.75) is 13.5 Å². The normalized spacial score (nSPS) is 10.9. The molecule has 0 bridgehead atoms. The van der Waals surface area contributed by atoms with Gasteiger partial charge in [-0.15, -0.1) is 11.3 Å². The zero-order valence-corrected chi connectivity index (χ0v) is 11.1. The third kappa shape index (κ3) is 2.14. The number of rotatable bonds is 4. The highest BCUT2D eigenvalue weighted by molar-refractivity contribution is 7.09. The fraction of sp³-hybridized carbons (Fsp3) is 0.200. The second kappa shape index (κ2) is 4.86. The Morgan fingerprint density at radius 3 is 2.94 bits per heavy atom. The van der Waals surface area contributed by atoms with Gasteiger partial charge in [-0.1, -0.05) is 6.07 Å². The number of ether oxygens (including phenoxy) is 1. The van der Waals surface area contributed by atoms with E-state index in [4.69, 9.17) is 4.74 Å². The third-order valence-corrected chi connectivity index (χ3v) is 3.82. The number of thiophene rings is 1. The van der Waals surface area contributed by atoms with Crippen molar-refractivity contribution in [1.29, 1.82) is 0 Å². The number of hydrogen-bond donors (Lipinski definition) is 0. The molecule has 1 aromatic carbocycles. The summed E-state index contributed by atoms with van der Waals surface area (Å²) >= 11 is 1.80. The van der Waals surface area contributed by atoms with Crippen molar-refractivity contribution in [1.82, 2.24) is 4.57 Å². The fourth-order valence-corrected chi connectivity index (χ4v) is 2.85. The molecule has 0 aliphatic carbocycles. The van der Waals surface area contributed by atoms with Gasteiger partial charge in [0.2, 0.25) is 0 Å². The average Bonchev–Trinajstić information content (AvgIpc) is 3.00. The fourth-order valence-electron chi connectivity index (χ4n) is 2.14. The summed E-state index contributed by atoms with van der Waals surface area (Å²) in [7, 11) is 0. The predicted molar refractivity (Wildman–Crippen MR) is 76.5 cm³/mol. The molecule has 3 rings (SSSR count). The van der Waals surface area contributed by atoms with Gasteiger partial charge in [-0.25, -0.2) is 0 Å². The molecule has 92 valence electrons. The van der Waals surface area contributed by atoms with Crippen LogP contribution in [0.15, 0.2) is 48.0 Å². The van der Waals surface area contributed by atoms with Crippen LogP contribution in [0.2, 0.25) is 0 Å². The molecule has 3 heteroatoms. The molecule has 0 saturated heterocycles. The van der Waals surface area contributed by atoms with Crippen LogP contribution < -0.4 is 4.74 Å². The Bertz CT molecular complexity index is 640. The van der Waals surface area contributed by atoms with Gasteiger partial charge < -0.3 is 9.30 Å². The summed E-state index contributed by atoms with van der Waals surface area (Å²) in [5.74, 6) is 0.943. The maximum Gasteiger partial charge on any atom is 0.120 e. The summed E-state index contributed by atoms with van der Waals surface area (Å²) in [6, 6.07) is 12.7. The number of nitrogens with zero attached hydrogens (tertiary/aromatic N) is 1. The second-order valence-electron chi connectivity index (χ2n) is 4.18. The van der Waals surface area contributed by atoms with E-state index >= 15 is 0 Å². The Labute approximate surface area is 110 Å². The molecule has 0 aliphatic rings. The van der Waals surface area contributed by atoms with Crippen molar-refractivity contribution < 1.29 is 4.74 Å². The second-order valence-corrected chi connectivity index (χ2v) is 5.21. The molecule has 0 radical (unpaired) electrons. The molecule has 2 heterocycles.